The zero-order valence-electron chi connectivity index (χ0n) is 14.5. The molecule has 3 atom stereocenters. The number of hydroxylamine groups is 2. The van der Waals surface area contributed by atoms with E-state index in [1.807, 2.05) is 41.5 Å². The van der Waals surface area contributed by atoms with Crippen molar-refractivity contribution in [3.8, 4) is 0 Å². The van der Waals surface area contributed by atoms with Crippen LogP contribution in [0.3, 0.4) is 0 Å². The molecule has 1 saturated heterocycles. The van der Waals surface area contributed by atoms with Gasteiger partial charge >= 0.3 is 5.97 Å². The van der Waals surface area contributed by atoms with Crippen molar-refractivity contribution >= 4 is 16.9 Å². The average Bonchev–Trinajstić information content (AvgIpc) is 3.26. The van der Waals surface area contributed by atoms with Gasteiger partial charge in [0, 0.05) is 23.1 Å². The van der Waals surface area contributed by atoms with E-state index in [-0.39, 0.29) is 18.1 Å². The SMILES string of the molecule is COC(=O)[C@@H]1[C@@H](c2ccccc2)ON2CCc3c([nH]c4ccccc34)[C@H]12. The number of rotatable bonds is 2. The Hall–Kier alpha value is -2.63. The highest BCUT2D eigenvalue weighted by atomic mass is 16.7. The first-order valence-electron chi connectivity index (χ1n) is 8.93. The summed E-state index contributed by atoms with van der Waals surface area (Å²) in [4.78, 5) is 22.5. The molecule has 2 aromatic carbocycles. The van der Waals surface area contributed by atoms with Crippen molar-refractivity contribution in [1.29, 1.82) is 0 Å². The number of H-pyrrole nitrogens is 1. The summed E-state index contributed by atoms with van der Waals surface area (Å²) in [5.41, 5.74) is 4.46. The number of benzene rings is 2. The largest absolute Gasteiger partial charge is 0.469 e. The van der Waals surface area contributed by atoms with Crippen LogP contribution in [0.5, 0.6) is 0 Å². The molecule has 1 fully saturated rings. The lowest BCUT2D eigenvalue weighted by atomic mass is 9.85. The summed E-state index contributed by atoms with van der Waals surface area (Å²) in [7, 11) is 1.45. The molecular formula is C21H20N2O3. The van der Waals surface area contributed by atoms with Crippen molar-refractivity contribution in [3.05, 3.63) is 71.4 Å². The highest BCUT2D eigenvalue weighted by molar-refractivity contribution is 5.86. The zero-order chi connectivity index (χ0) is 17.7. The van der Waals surface area contributed by atoms with Gasteiger partial charge in [-0.25, -0.2) is 0 Å². The molecule has 3 heterocycles. The van der Waals surface area contributed by atoms with E-state index in [1.54, 1.807) is 0 Å². The molecule has 0 aliphatic carbocycles. The molecule has 0 radical (unpaired) electrons. The van der Waals surface area contributed by atoms with Gasteiger partial charge in [0.25, 0.3) is 0 Å². The molecule has 2 aliphatic rings. The number of esters is 1. The molecule has 5 nitrogen and oxygen atoms in total. The van der Waals surface area contributed by atoms with Crippen LogP contribution in [0.15, 0.2) is 54.6 Å². The fourth-order valence-corrected chi connectivity index (χ4v) is 4.40. The minimum absolute atomic E-state index is 0.163. The summed E-state index contributed by atoms with van der Waals surface area (Å²) >= 11 is 0. The number of nitrogens with one attached hydrogen (secondary N) is 1. The fraction of sp³-hybridized carbons (Fsp3) is 0.286. The maximum Gasteiger partial charge on any atom is 0.313 e. The van der Waals surface area contributed by atoms with Crippen LogP contribution in [0.4, 0.5) is 0 Å². The van der Waals surface area contributed by atoms with Gasteiger partial charge in [-0.15, -0.1) is 0 Å². The van der Waals surface area contributed by atoms with E-state index < -0.39 is 5.92 Å². The third-order valence-corrected chi connectivity index (χ3v) is 5.55. The Kier molecular flexibility index (Phi) is 3.58. The van der Waals surface area contributed by atoms with Crippen LogP contribution in [-0.4, -0.2) is 29.7 Å². The van der Waals surface area contributed by atoms with Crippen molar-refractivity contribution in [3.63, 3.8) is 0 Å². The van der Waals surface area contributed by atoms with Crippen molar-refractivity contribution in [1.82, 2.24) is 10.0 Å². The van der Waals surface area contributed by atoms with Gasteiger partial charge in [0.05, 0.1) is 13.2 Å². The lowest BCUT2D eigenvalue weighted by Crippen LogP contribution is -2.34. The number of hydrogen-bond acceptors (Lipinski definition) is 4. The standard InChI is InChI=1S/C21H20N2O3/c1-25-21(24)17-19-18-15(14-9-5-6-10-16(14)22-18)11-12-23(19)26-20(17)13-7-3-2-4-8-13/h2-10,17,19-20,22H,11-12H2,1H3/t17-,19-,20+/m0/s1. The van der Waals surface area contributed by atoms with Crippen molar-refractivity contribution < 1.29 is 14.4 Å². The van der Waals surface area contributed by atoms with E-state index in [9.17, 15) is 4.79 Å². The molecule has 0 spiro atoms. The van der Waals surface area contributed by atoms with Gasteiger partial charge in [0.2, 0.25) is 0 Å². The number of fused-ring (bicyclic) bond motifs is 5. The molecule has 0 amide bonds. The van der Waals surface area contributed by atoms with Crippen LogP contribution in [0.2, 0.25) is 0 Å². The van der Waals surface area contributed by atoms with Crippen LogP contribution in [0.25, 0.3) is 10.9 Å². The fourth-order valence-electron chi connectivity index (χ4n) is 4.40. The molecule has 3 aromatic rings. The second-order valence-electron chi connectivity index (χ2n) is 6.88. The quantitative estimate of drug-likeness (QED) is 0.720. The number of nitrogens with zero attached hydrogens (tertiary/aromatic N) is 1. The summed E-state index contributed by atoms with van der Waals surface area (Å²) in [5, 5.41) is 3.19. The third-order valence-electron chi connectivity index (χ3n) is 5.55. The van der Waals surface area contributed by atoms with Gasteiger partial charge in [0.1, 0.15) is 12.0 Å². The first-order valence-corrected chi connectivity index (χ1v) is 8.93. The summed E-state index contributed by atoms with van der Waals surface area (Å²) in [5.74, 6) is -0.646. The van der Waals surface area contributed by atoms with Crippen LogP contribution in [-0.2, 0) is 20.8 Å². The average molecular weight is 348 g/mol. The molecule has 1 N–H and O–H groups in total. The minimum atomic E-state index is -0.408. The Morgan fingerprint density at radius 3 is 2.73 bits per heavy atom. The van der Waals surface area contributed by atoms with Gasteiger partial charge in [-0.1, -0.05) is 48.5 Å². The molecule has 26 heavy (non-hydrogen) atoms. The third kappa shape index (κ3) is 2.21. The summed E-state index contributed by atoms with van der Waals surface area (Å²) in [6.45, 7) is 0.760. The van der Waals surface area contributed by atoms with Crippen LogP contribution >= 0.6 is 0 Å². The van der Waals surface area contributed by atoms with E-state index in [0.717, 1.165) is 29.7 Å². The Morgan fingerprint density at radius 1 is 1.15 bits per heavy atom. The normalized spacial score (nSPS) is 25.0. The van der Waals surface area contributed by atoms with Crippen LogP contribution in [0.1, 0.15) is 29.0 Å². The van der Waals surface area contributed by atoms with E-state index >= 15 is 0 Å². The van der Waals surface area contributed by atoms with Crippen molar-refractivity contribution in [2.45, 2.75) is 18.6 Å². The molecule has 132 valence electrons. The van der Waals surface area contributed by atoms with Gasteiger partial charge in [-0.2, -0.15) is 5.06 Å². The lowest BCUT2D eigenvalue weighted by molar-refractivity contribution is -0.169. The van der Waals surface area contributed by atoms with Gasteiger partial charge < -0.3 is 9.72 Å². The minimum Gasteiger partial charge on any atom is -0.469 e. The zero-order valence-corrected chi connectivity index (χ0v) is 14.5. The predicted molar refractivity (Wildman–Crippen MR) is 97.2 cm³/mol. The van der Waals surface area contributed by atoms with Gasteiger partial charge in [-0.3, -0.25) is 9.63 Å². The molecule has 0 bridgehead atoms. The Morgan fingerprint density at radius 2 is 1.92 bits per heavy atom. The first kappa shape index (κ1) is 15.6. The van der Waals surface area contributed by atoms with Gasteiger partial charge in [0.15, 0.2) is 0 Å². The number of para-hydroxylation sites is 1. The number of ether oxygens (including phenoxy) is 1. The molecule has 5 rings (SSSR count). The second kappa shape index (κ2) is 5.97. The summed E-state index contributed by atoms with van der Waals surface area (Å²) < 4.78 is 5.16. The van der Waals surface area contributed by atoms with Crippen LogP contribution in [0, 0.1) is 5.92 Å². The highest BCUT2D eigenvalue weighted by Gasteiger charge is 2.52. The topological polar surface area (TPSA) is 54.6 Å². The van der Waals surface area contributed by atoms with Crippen molar-refractivity contribution in [2.24, 2.45) is 5.92 Å². The summed E-state index contributed by atoms with van der Waals surface area (Å²) in [6.07, 6.45) is 0.552. The molecule has 0 unspecified atom stereocenters. The maximum atomic E-state index is 12.7. The number of aromatic nitrogens is 1. The second-order valence-corrected chi connectivity index (χ2v) is 6.88. The maximum absolute atomic E-state index is 12.7. The van der Waals surface area contributed by atoms with Crippen LogP contribution < -0.4 is 0 Å². The number of aromatic amines is 1. The van der Waals surface area contributed by atoms with Gasteiger partial charge in [-0.05, 0) is 23.6 Å². The molecular weight excluding hydrogens is 328 g/mol. The number of carbonyl (C=O) groups excluding carboxylic acids is 1. The molecule has 2 aliphatic heterocycles. The Bertz CT molecular complexity index is 966. The monoisotopic (exact) mass is 348 g/mol. The van der Waals surface area contributed by atoms with E-state index in [4.69, 9.17) is 9.57 Å². The summed E-state index contributed by atoms with van der Waals surface area (Å²) in [6, 6.07) is 18.1. The molecule has 5 heteroatoms. The lowest BCUT2D eigenvalue weighted by Gasteiger charge is -2.29. The predicted octanol–water partition coefficient (Wildman–Crippen LogP) is 3.54. The van der Waals surface area contributed by atoms with E-state index in [2.05, 4.69) is 23.2 Å². The van der Waals surface area contributed by atoms with E-state index in [0.29, 0.717) is 0 Å². The number of hydrogen-bond donors (Lipinski definition) is 1. The molecule has 0 saturated carbocycles. The van der Waals surface area contributed by atoms with Crippen molar-refractivity contribution in [2.75, 3.05) is 13.7 Å². The highest BCUT2D eigenvalue weighted by Crippen LogP contribution is 2.50. The number of carbonyl (C=O) groups is 1. The Labute approximate surface area is 151 Å². The smallest absolute Gasteiger partial charge is 0.313 e. The number of methoxy groups -OCH3 is 1. The van der Waals surface area contributed by atoms with E-state index in [1.165, 1.54) is 18.1 Å². The first-order chi connectivity index (χ1) is 12.8. The Balaban J connectivity index is 1.65. The molecule has 1 aromatic heterocycles.